The molecule has 33 heavy (non-hydrogen) atoms. The molecule has 172 valence electrons. The third kappa shape index (κ3) is 6.00. The van der Waals surface area contributed by atoms with Gasteiger partial charge in [-0.25, -0.2) is 4.39 Å². The molecule has 1 N–H and O–H groups in total. The van der Waals surface area contributed by atoms with Gasteiger partial charge in [0.05, 0.1) is 0 Å². The van der Waals surface area contributed by atoms with E-state index in [1.807, 2.05) is 0 Å². The smallest absolute Gasteiger partial charge is 0.251 e. The van der Waals surface area contributed by atoms with Crippen LogP contribution >= 0.6 is 34.8 Å². The summed E-state index contributed by atoms with van der Waals surface area (Å²) in [5.74, 6) is -0.895. The van der Waals surface area contributed by atoms with Gasteiger partial charge in [0.2, 0.25) is 0 Å². The topological polar surface area (TPSA) is 38.3 Å². The number of carbonyl (C=O) groups excluding carboxylic acids is 1. The highest BCUT2D eigenvalue weighted by Gasteiger charge is 2.22. The van der Waals surface area contributed by atoms with Crippen LogP contribution in [0, 0.1) is 5.82 Å². The van der Waals surface area contributed by atoms with Crippen molar-refractivity contribution in [2.75, 3.05) is 0 Å². The molecule has 0 heterocycles. The van der Waals surface area contributed by atoms with Crippen LogP contribution in [0.15, 0.2) is 60.7 Å². The van der Waals surface area contributed by atoms with Crippen LogP contribution in [0.3, 0.4) is 0 Å². The number of ether oxygens (including phenoxy) is 1. The fourth-order valence-electron chi connectivity index (χ4n) is 4.04. The lowest BCUT2D eigenvalue weighted by Gasteiger charge is -2.23. The van der Waals surface area contributed by atoms with Gasteiger partial charge in [-0.1, -0.05) is 72.3 Å². The van der Waals surface area contributed by atoms with Crippen LogP contribution in [-0.2, 0) is 0 Å². The van der Waals surface area contributed by atoms with E-state index in [1.54, 1.807) is 48.5 Å². The van der Waals surface area contributed by atoms with E-state index in [0.29, 0.717) is 20.6 Å². The first kappa shape index (κ1) is 23.9. The van der Waals surface area contributed by atoms with Gasteiger partial charge in [0.1, 0.15) is 0 Å². The summed E-state index contributed by atoms with van der Waals surface area (Å²) >= 11 is 18.5. The average molecular weight is 507 g/mol. The Hall–Kier alpha value is -2.27. The van der Waals surface area contributed by atoms with E-state index in [-0.39, 0.29) is 23.3 Å². The van der Waals surface area contributed by atoms with Gasteiger partial charge in [-0.3, -0.25) is 4.79 Å². The van der Waals surface area contributed by atoms with E-state index < -0.39 is 11.9 Å². The minimum atomic E-state index is -0.705. The first-order valence-electron chi connectivity index (χ1n) is 10.9. The highest BCUT2D eigenvalue weighted by Crippen LogP contribution is 2.35. The van der Waals surface area contributed by atoms with Crippen LogP contribution in [0.25, 0.3) is 0 Å². The van der Waals surface area contributed by atoms with Gasteiger partial charge >= 0.3 is 0 Å². The molecule has 0 radical (unpaired) electrons. The molecule has 7 heteroatoms. The Morgan fingerprint density at radius 1 is 0.909 bits per heavy atom. The molecule has 1 saturated carbocycles. The summed E-state index contributed by atoms with van der Waals surface area (Å²) in [5.41, 5.74) is 1.63. The first-order valence-corrected chi connectivity index (χ1v) is 12.0. The van der Waals surface area contributed by atoms with E-state index in [9.17, 15) is 4.79 Å². The number of nitrogens with one attached hydrogen (secondary N) is 1. The van der Waals surface area contributed by atoms with Gasteiger partial charge < -0.3 is 10.1 Å². The second-order valence-electron chi connectivity index (χ2n) is 8.17. The number of halogens is 4. The van der Waals surface area contributed by atoms with Crippen LogP contribution in [0.1, 0.15) is 59.7 Å². The zero-order valence-electron chi connectivity index (χ0n) is 17.8. The zero-order valence-corrected chi connectivity index (χ0v) is 20.1. The fraction of sp³-hybridized carbons (Fsp3) is 0.269. The van der Waals surface area contributed by atoms with Crippen molar-refractivity contribution in [3.63, 3.8) is 0 Å². The number of rotatable bonds is 6. The lowest BCUT2D eigenvalue weighted by atomic mass is 9.95. The van der Waals surface area contributed by atoms with Gasteiger partial charge in [-0.2, -0.15) is 0 Å². The van der Waals surface area contributed by atoms with E-state index in [2.05, 4.69) is 5.32 Å². The Kier molecular flexibility index (Phi) is 7.79. The molecule has 3 nitrogen and oxygen atoms in total. The molecule has 1 unspecified atom stereocenters. The Balaban J connectivity index is 1.59. The molecule has 1 amide bonds. The third-order valence-electron chi connectivity index (χ3n) is 5.80. The van der Waals surface area contributed by atoms with E-state index in [4.69, 9.17) is 39.5 Å². The Labute approximate surface area is 207 Å². The van der Waals surface area contributed by atoms with Crippen LogP contribution in [0.2, 0.25) is 15.1 Å². The monoisotopic (exact) mass is 505 g/mol. The van der Waals surface area contributed by atoms with Crippen molar-refractivity contribution in [1.29, 1.82) is 0 Å². The van der Waals surface area contributed by atoms with Crippen LogP contribution in [-0.4, -0.2) is 11.9 Å². The molecule has 3 aromatic rings. The number of hydrogen-bond donors (Lipinski definition) is 1. The normalized spacial score (nSPS) is 15.2. The molecule has 0 aromatic heterocycles. The average Bonchev–Trinajstić information content (AvgIpc) is 2.80. The summed E-state index contributed by atoms with van der Waals surface area (Å²) < 4.78 is 21.1. The van der Waals surface area contributed by atoms with Crippen LogP contribution in [0.5, 0.6) is 5.75 Å². The third-order valence-corrected chi connectivity index (χ3v) is 6.61. The summed E-state index contributed by atoms with van der Waals surface area (Å²) in [7, 11) is 0. The van der Waals surface area contributed by atoms with Crippen molar-refractivity contribution in [3.8, 4) is 5.75 Å². The molecule has 1 aliphatic carbocycles. The largest absolute Gasteiger partial charge is 0.478 e. The molecule has 3 aromatic carbocycles. The second-order valence-corrected chi connectivity index (χ2v) is 9.45. The lowest BCUT2D eigenvalue weighted by molar-refractivity contribution is 0.0927. The van der Waals surface area contributed by atoms with Crippen LogP contribution < -0.4 is 10.1 Å². The highest BCUT2D eigenvalue weighted by atomic mass is 35.5. The highest BCUT2D eigenvalue weighted by molar-refractivity contribution is 6.35. The zero-order chi connectivity index (χ0) is 23.4. The molecule has 0 bridgehead atoms. The van der Waals surface area contributed by atoms with Crippen LogP contribution in [0.4, 0.5) is 4.39 Å². The lowest BCUT2D eigenvalue weighted by Crippen LogP contribution is -2.36. The molecule has 1 fully saturated rings. The van der Waals surface area contributed by atoms with E-state index in [1.165, 1.54) is 18.6 Å². The standard InChI is InChI=1S/C26H23Cl3FNO2/c27-18-9-6-16(7-10-18)25(21-12-11-19(28)15-22(21)29)33-24-13-8-17(14-23(24)30)26(32)31-20-4-2-1-3-5-20/h6-15,20,25H,1-5H2,(H,31,32). The molecule has 0 saturated heterocycles. The molecular weight excluding hydrogens is 484 g/mol. The molecule has 1 aliphatic rings. The minimum Gasteiger partial charge on any atom is -0.478 e. The maximum Gasteiger partial charge on any atom is 0.251 e. The quantitative estimate of drug-likeness (QED) is 0.367. The second kappa shape index (κ2) is 10.8. The van der Waals surface area contributed by atoms with Crippen molar-refractivity contribution in [2.24, 2.45) is 0 Å². The Morgan fingerprint density at radius 2 is 1.61 bits per heavy atom. The van der Waals surface area contributed by atoms with Crippen molar-refractivity contribution >= 4 is 40.7 Å². The predicted molar refractivity (Wildman–Crippen MR) is 131 cm³/mol. The SMILES string of the molecule is O=C(NC1CCCCC1)c1ccc(OC(c2ccc(Cl)cc2)c2ccc(Cl)cc2Cl)c(F)c1. The Bertz CT molecular complexity index is 1130. The van der Waals surface area contributed by atoms with Crippen molar-refractivity contribution < 1.29 is 13.9 Å². The van der Waals surface area contributed by atoms with Crippen molar-refractivity contribution in [2.45, 2.75) is 44.2 Å². The number of amides is 1. The first-order chi connectivity index (χ1) is 15.9. The van der Waals surface area contributed by atoms with Gasteiger partial charge in [-0.15, -0.1) is 0 Å². The summed E-state index contributed by atoms with van der Waals surface area (Å²) in [5, 5.41) is 4.45. The predicted octanol–water partition coefficient (Wildman–Crippen LogP) is 8.02. The van der Waals surface area contributed by atoms with Gasteiger partial charge in [0, 0.05) is 32.2 Å². The van der Waals surface area contributed by atoms with Gasteiger partial charge in [0.25, 0.3) is 5.91 Å². The molecule has 1 atom stereocenters. The molecular formula is C26H23Cl3FNO2. The minimum absolute atomic E-state index is 0.00943. The fourth-order valence-corrected chi connectivity index (χ4v) is 4.68. The maximum atomic E-state index is 15.0. The summed E-state index contributed by atoms with van der Waals surface area (Å²) in [6.45, 7) is 0. The Morgan fingerprint density at radius 3 is 2.27 bits per heavy atom. The van der Waals surface area contributed by atoms with Gasteiger partial charge in [-0.05, 0) is 60.9 Å². The molecule has 0 aliphatic heterocycles. The molecule has 0 spiro atoms. The summed E-state index contributed by atoms with van der Waals surface area (Å²) in [6.07, 6.45) is 4.61. The number of carbonyl (C=O) groups is 1. The summed E-state index contributed by atoms with van der Waals surface area (Å²) in [6, 6.07) is 16.5. The number of benzene rings is 3. The van der Waals surface area contributed by atoms with Crippen molar-refractivity contribution in [3.05, 3.63) is 98.2 Å². The van der Waals surface area contributed by atoms with E-state index >= 15 is 4.39 Å². The maximum absolute atomic E-state index is 15.0. The molecule has 4 rings (SSSR count). The van der Waals surface area contributed by atoms with Gasteiger partial charge in [0.15, 0.2) is 17.7 Å². The van der Waals surface area contributed by atoms with E-state index in [0.717, 1.165) is 31.2 Å². The summed E-state index contributed by atoms with van der Waals surface area (Å²) in [4.78, 5) is 12.6. The number of hydrogen-bond acceptors (Lipinski definition) is 2. The van der Waals surface area contributed by atoms with Crippen molar-refractivity contribution in [1.82, 2.24) is 5.32 Å².